The van der Waals surface area contributed by atoms with Crippen molar-refractivity contribution in [1.82, 2.24) is 29.3 Å². The minimum Gasteiger partial charge on any atom is -0.383 e. The van der Waals surface area contributed by atoms with E-state index >= 15 is 0 Å². The Kier molecular flexibility index (Phi) is 5.81. The van der Waals surface area contributed by atoms with Crippen LogP contribution in [0.25, 0.3) is 39.2 Å². The summed E-state index contributed by atoms with van der Waals surface area (Å²) in [6, 6.07) is 11.6. The van der Waals surface area contributed by atoms with Crippen LogP contribution in [0, 0.1) is 0 Å². The van der Waals surface area contributed by atoms with Crippen molar-refractivity contribution in [3.8, 4) is 28.2 Å². The molecule has 0 radical (unpaired) electrons. The first-order chi connectivity index (χ1) is 17.4. The Bertz CT molecular complexity index is 1590. The number of anilines is 2. The van der Waals surface area contributed by atoms with E-state index in [0.29, 0.717) is 17.1 Å². The standard InChI is InChI=1S/C27H26N8O/c1-5-17-12-32-35(14-17)21-11-8-19(13-29-21)22-23-25(28)30-15-31-26(23)34(4)24(22)18-6-9-20(10-7-18)33-27(36)16(2)3/h6-15H,2,5H2,1,3-4H3,(H,33,36)(H2,28,30,31). The molecule has 5 aromatic rings. The smallest absolute Gasteiger partial charge is 0.250 e. The highest BCUT2D eigenvalue weighted by molar-refractivity contribution is 6.08. The number of rotatable bonds is 6. The van der Waals surface area contributed by atoms with Crippen LogP contribution in [0.5, 0.6) is 0 Å². The summed E-state index contributed by atoms with van der Waals surface area (Å²) in [7, 11) is 1.95. The highest BCUT2D eigenvalue weighted by Gasteiger charge is 2.22. The second kappa shape index (κ2) is 9.10. The molecule has 4 heterocycles. The molecule has 0 fully saturated rings. The number of nitrogens with one attached hydrogen (secondary N) is 1. The number of benzene rings is 1. The van der Waals surface area contributed by atoms with Crippen LogP contribution in [-0.2, 0) is 18.3 Å². The number of nitrogens with zero attached hydrogens (tertiary/aromatic N) is 6. The van der Waals surface area contributed by atoms with E-state index in [1.807, 2.05) is 66.6 Å². The minimum atomic E-state index is -0.217. The summed E-state index contributed by atoms with van der Waals surface area (Å²) in [5, 5.41) is 8.01. The fourth-order valence-electron chi connectivity index (χ4n) is 4.18. The van der Waals surface area contributed by atoms with Gasteiger partial charge in [-0.25, -0.2) is 19.6 Å². The van der Waals surface area contributed by atoms with Gasteiger partial charge in [0.05, 0.1) is 17.3 Å². The topological polar surface area (TPSA) is 117 Å². The number of nitrogens with two attached hydrogens (primary N) is 1. The molecule has 5 rings (SSSR count). The van der Waals surface area contributed by atoms with E-state index in [1.54, 1.807) is 11.6 Å². The predicted molar refractivity (Wildman–Crippen MR) is 142 cm³/mol. The van der Waals surface area contributed by atoms with Crippen molar-refractivity contribution >= 4 is 28.4 Å². The van der Waals surface area contributed by atoms with Crippen LogP contribution in [0.4, 0.5) is 11.5 Å². The fraction of sp³-hybridized carbons (Fsp3) is 0.148. The summed E-state index contributed by atoms with van der Waals surface area (Å²) in [5.41, 5.74) is 12.9. The van der Waals surface area contributed by atoms with Crippen LogP contribution in [0.1, 0.15) is 19.4 Å². The molecule has 0 unspecified atom stereocenters. The van der Waals surface area contributed by atoms with E-state index in [1.165, 1.54) is 6.33 Å². The number of nitrogen functional groups attached to an aromatic ring is 1. The molecule has 0 spiro atoms. The summed E-state index contributed by atoms with van der Waals surface area (Å²) in [6.07, 6.45) is 8.01. The maximum atomic E-state index is 12.0. The van der Waals surface area contributed by atoms with Crippen molar-refractivity contribution in [3.05, 3.63) is 79.0 Å². The number of carbonyl (C=O) groups is 1. The summed E-state index contributed by atoms with van der Waals surface area (Å²) in [4.78, 5) is 25.4. The maximum Gasteiger partial charge on any atom is 0.250 e. The molecule has 1 amide bonds. The first-order valence-corrected chi connectivity index (χ1v) is 11.5. The highest BCUT2D eigenvalue weighted by Crippen LogP contribution is 2.41. The average molecular weight is 479 g/mol. The number of amides is 1. The van der Waals surface area contributed by atoms with Gasteiger partial charge >= 0.3 is 0 Å². The quantitative estimate of drug-likeness (QED) is 0.346. The lowest BCUT2D eigenvalue weighted by molar-refractivity contribution is -0.112. The number of pyridine rings is 1. The molecular formula is C27H26N8O. The molecule has 0 aliphatic rings. The number of hydrogen-bond donors (Lipinski definition) is 2. The van der Waals surface area contributed by atoms with Gasteiger partial charge in [0.1, 0.15) is 17.8 Å². The second-order valence-corrected chi connectivity index (χ2v) is 8.60. The van der Waals surface area contributed by atoms with Crippen LogP contribution in [0.15, 0.2) is 73.5 Å². The molecule has 0 atom stereocenters. The average Bonchev–Trinajstić information content (AvgIpc) is 3.48. The summed E-state index contributed by atoms with van der Waals surface area (Å²) < 4.78 is 3.77. The SMILES string of the molecule is C=C(C)C(=O)Nc1ccc(-c2c(-c3ccc(-n4cc(CC)cn4)nc3)c3c(N)ncnc3n2C)cc1. The Morgan fingerprint density at radius 1 is 1.06 bits per heavy atom. The Morgan fingerprint density at radius 3 is 2.44 bits per heavy atom. The minimum absolute atomic E-state index is 0.217. The van der Waals surface area contributed by atoms with Crippen LogP contribution in [0.3, 0.4) is 0 Å². The van der Waals surface area contributed by atoms with Crippen molar-refractivity contribution < 1.29 is 4.79 Å². The number of fused-ring (bicyclic) bond motifs is 1. The van der Waals surface area contributed by atoms with Gasteiger partial charge in [-0.1, -0.05) is 25.6 Å². The summed E-state index contributed by atoms with van der Waals surface area (Å²) in [6.45, 7) is 7.45. The molecule has 9 heteroatoms. The Balaban J connectivity index is 1.62. The van der Waals surface area contributed by atoms with Crippen molar-refractivity contribution in [2.45, 2.75) is 20.3 Å². The second-order valence-electron chi connectivity index (χ2n) is 8.60. The Labute approximate surface area is 208 Å². The molecule has 3 N–H and O–H groups in total. The normalized spacial score (nSPS) is 11.1. The lowest BCUT2D eigenvalue weighted by Crippen LogP contribution is -2.11. The van der Waals surface area contributed by atoms with Crippen molar-refractivity contribution in [2.75, 3.05) is 11.1 Å². The molecule has 9 nitrogen and oxygen atoms in total. The van der Waals surface area contributed by atoms with Crippen LogP contribution in [0.2, 0.25) is 0 Å². The van der Waals surface area contributed by atoms with Gasteiger partial charge in [0.25, 0.3) is 5.91 Å². The molecule has 0 saturated heterocycles. The molecular weight excluding hydrogens is 452 g/mol. The van der Waals surface area contributed by atoms with E-state index in [0.717, 1.165) is 51.2 Å². The lowest BCUT2D eigenvalue weighted by Gasteiger charge is -2.11. The zero-order valence-corrected chi connectivity index (χ0v) is 20.4. The van der Waals surface area contributed by atoms with Gasteiger partial charge < -0.3 is 15.6 Å². The molecule has 0 saturated carbocycles. The number of aromatic nitrogens is 6. The summed E-state index contributed by atoms with van der Waals surface area (Å²) in [5.74, 6) is 0.901. The molecule has 4 aromatic heterocycles. The first kappa shape index (κ1) is 23.0. The van der Waals surface area contributed by atoms with Gasteiger partial charge in [-0.15, -0.1) is 0 Å². The number of hydrogen-bond acceptors (Lipinski definition) is 6. The van der Waals surface area contributed by atoms with Gasteiger partial charge in [-0.3, -0.25) is 4.79 Å². The van der Waals surface area contributed by atoms with Gasteiger partial charge in [-0.05, 0) is 48.7 Å². The van der Waals surface area contributed by atoms with Gasteiger partial charge in [0.15, 0.2) is 5.82 Å². The maximum absolute atomic E-state index is 12.0. The van der Waals surface area contributed by atoms with Crippen LogP contribution >= 0.6 is 0 Å². The van der Waals surface area contributed by atoms with Crippen molar-refractivity contribution in [2.24, 2.45) is 7.05 Å². The number of carbonyl (C=O) groups excluding carboxylic acids is 1. The molecule has 0 aliphatic heterocycles. The zero-order valence-electron chi connectivity index (χ0n) is 20.4. The molecule has 0 bridgehead atoms. The fourth-order valence-corrected chi connectivity index (χ4v) is 4.18. The highest BCUT2D eigenvalue weighted by atomic mass is 16.1. The van der Waals surface area contributed by atoms with E-state index in [9.17, 15) is 4.79 Å². The summed E-state index contributed by atoms with van der Waals surface area (Å²) >= 11 is 0. The van der Waals surface area contributed by atoms with Crippen LogP contribution in [-0.4, -0.2) is 35.2 Å². The third kappa shape index (κ3) is 4.00. The van der Waals surface area contributed by atoms with Crippen molar-refractivity contribution in [1.29, 1.82) is 0 Å². The largest absolute Gasteiger partial charge is 0.383 e. The van der Waals surface area contributed by atoms with E-state index < -0.39 is 0 Å². The van der Waals surface area contributed by atoms with Gasteiger partial charge in [0, 0.05) is 41.8 Å². The molecule has 36 heavy (non-hydrogen) atoms. The monoisotopic (exact) mass is 478 g/mol. The molecule has 180 valence electrons. The lowest BCUT2D eigenvalue weighted by atomic mass is 10.00. The Morgan fingerprint density at radius 2 is 1.81 bits per heavy atom. The Hall–Kier alpha value is -4.79. The molecule has 1 aromatic carbocycles. The van der Waals surface area contributed by atoms with E-state index in [-0.39, 0.29) is 5.91 Å². The third-order valence-electron chi connectivity index (χ3n) is 6.12. The van der Waals surface area contributed by atoms with Gasteiger partial charge in [-0.2, -0.15) is 5.10 Å². The van der Waals surface area contributed by atoms with Crippen LogP contribution < -0.4 is 11.1 Å². The third-order valence-corrected chi connectivity index (χ3v) is 6.12. The molecule has 0 aliphatic carbocycles. The van der Waals surface area contributed by atoms with Gasteiger partial charge in [0.2, 0.25) is 0 Å². The van der Waals surface area contributed by atoms with E-state index in [2.05, 4.69) is 38.9 Å². The van der Waals surface area contributed by atoms with E-state index in [4.69, 9.17) is 5.73 Å². The number of aryl methyl sites for hydroxylation is 2. The predicted octanol–water partition coefficient (Wildman–Crippen LogP) is 4.54. The van der Waals surface area contributed by atoms with Crippen molar-refractivity contribution in [3.63, 3.8) is 0 Å². The first-order valence-electron chi connectivity index (χ1n) is 11.5. The zero-order chi connectivity index (χ0) is 25.4.